The number of pyridine rings is 1. The highest BCUT2D eigenvalue weighted by Gasteiger charge is 2.32. The number of nitrogens with zero attached hydrogens (tertiary/aromatic N) is 1. The Balaban J connectivity index is 1.87. The zero-order chi connectivity index (χ0) is 15.3. The van der Waals surface area contributed by atoms with Crippen molar-refractivity contribution in [3.05, 3.63) is 23.9 Å². The van der Waals surface area contributed by atoms with Gasteiger partial charge in [-0.2, -0.15) is 0 Å². The SMILES string of the molecule is CCCNc1cccc(COC2CC(C)CC(C)(C)C2)n1. The van der Waals surface area contributed by atoms with Crippen molar-refractivity contribution in [2.24, 2.45) is 11.3 Å². The van der Waals surface area contributed by atoms with Gasteiger partial charge < -0.3 is 10.1 Å². The van der Waals surface area contributed by atoms with Crippen molar-refractivity contribution in [2.45, 2.75) is 66.1 Å². The molecule has 0 aromatic carbocycles. The summed E-state index contributed by atoms with van der Waals surface area (Å²) in [7, 11) is 0. The van der Waals surface area contributed by atoms with Gasteiger partial charge in [0.2, 0.25) is 0 Å². The van der Waals surface area contributed by atoms with Crippen LogP contribution in [0.1, 0.15) is 59.1 Å². The van der Waals surface area contributed by atoms with Crippen molar-refractivity contribution >= 4 is 5.82 Å². The summed E-state index contributed by atoms with van der Waals surface area (Å²) in [5.41, 5.74) is 1.42. The molecule has 0 aliphatic heterocycles. The minimum atomic E-state index is 0.373. The maximum Gasteiger partial charge on any atom is 0.126 e. The molecule has 2 rings (SSSR count). The minimum absolute atomic E-state index is 0.373. The molecule has 1 aliphatic rings. The van der Waals surface area contributed by atoms with Crippen LogP contribution in [-0.4, -0.2) is 17.6 Å². The highest BCUT2D eigenvalue weighted by molar-refractivity contribution is 5.34. The number of ether oxygens (including phenoxy) is 1. The smallest absolute Gasteiger partial charge is 0.126 e. The molecule has 1 N–H and O–H groups in total. The van der Waals surface area contributed by atoms with Gasteiger partial charge >= 0.3 is 0 Å². The third-order valence-electron chi connectivity index (χ3n) is 4.18. The van der Waals surface area contributed by atoms with Crippen LogP contribution < -0.4 is 5.32 Å². The fourth-order valence-electron chi connectivity index (χ4n) is 3.50. The van der Waals surface area contributed by atoms with Gasteiger partial charge in [0, 0.05) is 6.54 Å². The summed E-state index contributed by atoms with van der Waals surface area (Å²) < 4.78 is 6.14. The molecule has 2 unspecified atom stereocenters. The van der Waals surface area contributed by atoms with Gasteiger partial charge in [0.15, 0.2) is 0 Å². The number of hydrogen-bond donors (Lipinski definition) is 1. The molecule has 1 aliphatic carbocycles. The first-order chi connectivity index (χ1) is 9.98. The van der Waals surface area contributed by atoms with E-state index in [4.69, 9.17) is 4.74 Å². The molecule has 3 nitrogen and oxygen atoms in total. The maximum absolute atomic E-state index is 6.14. The average molecular weight is 290 g/mol. The van der Waals surface area contributed by atoms with E-state index in [-0.39, 0.29) is 0 Å². The van der Waals surface area contributed by atoms with Crippen molar-refractivity contribution in [1.29, 1.82) is 0 Å². The van der Waals surface area contributed by atoms with Gasteiger partial charge in [-0.05, 0) is 49.1 Å². The van der Waals surface area contributed by atoms with Crippen LogP contribution in [0.3, 0.4) is 0 Å². The fraction of sp³-hybridized carbons (Fsp3) is 0.722. The van der Waals surface area contributed by atoms with Crippen molar-refractivity contribution in [3.63, 3.8) is 0 Å². The number of nitrogens with one attached hydrogen (secondary N) is 1. The van der Waals surface area contributed by atoms with Crippen LogP contribution in [0.25, 0.3) is 0 Å². The topological polar surface area (TPSA) is 34.1 Å². The molecule has 0 saturated heterocycles. The van der Waals surface area contributed by atoms with E-state index < -0.39 is 0 Å². The van der Waals surface area contributed by atoms with Crippen LogP contribution in [0, 0.1) is 11.3 Å². The van der Waals surface area contributed by atoms with Crippen LogP contribution in [0.5, 0.6) is 0 Å². The van der Waals surface area contributed by atoms with Gasteiger partial charge in [-0.3, -0.25) is 0 Å². The van der Waals surface area contributed by atoms with Gasteiger partial charge in [0.1, 0.15) is 5.82 Å². The average Bonchev–Trinajstić information content (AvgIpc) is 2.41. The first kappa shape index (κ1) is 16.3. The largest absolute Gasteiger partial charge is 0.372 e. The first-order valence-electron chi connectivity index (χ1n) is 8.30. The summed E-state index contributed by atoms with van der Waals surface area (Å²) in [6.45, 7) is 10.8. The van der Waals surface area contributed by atoms with E-state index in [9.17, 15) is 0 Å². The summed E-state index contributed by atoms with van der Waals surface area (Å²) in [5, 5.41) is 3.33. The lowest BCUT2D eigenvalue weighted by atomic mass is 9.71. The van der Waals surface area contributed by atoms with Crippen LogP contribution in [0.4, 0.5) is 5.82 Å². The van der Waals surface area contributed by atoms with Gasteiger partial charge in [-0.15, -0.1) is 0 Å². The quantitative estimate of drug-likeness (QED) is 0.829. The lowest BCUT2D eigenvalue weighted by molar-refractivity contribution is -0.0326. The Kier molecular flexibility index (Phi) is 5.63. The third kappa shape index (κ3) is 5.31. The standard InChI is InChI=1S/C18H30N2O/c1-5-9-19-17-8-6-7-15(20-17)13-21-16-10-14(2)11-18(3,4)12-16/h6-8,14,16H,5,9-13H2,1-4H3,(H,19,20). The second-order valence-electron chi connectivity index (χ2n) is 7.29. The monoisotopic (exact) mass is 290 g/mol. The van der Waals surface area contributed by atoms with E-state index in [1.165, 1.54) is 12.8 Å². The molecule has 0 bridgehead atoms. The Labute approximate surface area is 129 Å². The molecule has 1 heterocycles. The zero-order valence-electron chi connectivity index (χ0n) is 14.0. The van der Waals surface area contributed by atoms with Gasteiger partial charge in [-0.1, -0.05) is 33.8 Å². The second kappa shape index (κ2) is 7.26. The number of aromatic nitrogens is 1. The third-order valence-corrected chi connectivity index (χ3v) is 4.18. The number of rotatable bonds is 6. The van der Waals surface area contributed by atoms with Crippen molar-refractivity contribution in [1.82, 2.24) is 4.98 Å². The molecule has 1 aromatic heterocycles. The van der Waals surface area contributed by atoms with Crippen molar-refractivity contribution in [3.8, 4) is 0 Å². The summed E-state index contributed by atoms with van der Waals surface area (Å²) in [4.78, 5) is 4.61. The number of hydrogen-bond acceptors (Lipinski definition) is 3. The molecule has 0 amide bonds. The lowest BCUT2D eigenvalue weighted by Gasteiger charge is -2.38. The Morgan fingerprint density at radius 2 is 2.14 bits per heavy atom. The number of anilines is 1. The maximum atomic E-state index is 6.14. The highest BCUT2D eigenvalue weighted by atomic mass is 16.5. The zero-order valence-corrected chi connectivity index (χ0v) is 14.0. The summed E-state index contributed by atoms with van der Waals surface area (Å²) in [6, 6.07) is 6.12. The Bertz CT molecular complexity index is 445. The lowest BCUT2D eigenvalue weighted by Crippen LogP contribution is -2.32. The summed E-state index contributed by atoms with van der Waals surface area (Å²) >= 11 is 0. The second-order valence-corrected chi connectivity index (χ2v) is 7.29. The normalized spacial score (nSPS) is 24.8. The van der Waals surface area contributed by atoms with Gasteiger partial charge in [-0.25, -0.2) is 4.98 Å². The fourth-order valence-corrected chi connectivity index (χ4v) is 3.50. The molecule has 1 aromatic rings. The predicted octanol–water partition coefficient (Wildman–Crippen LogP) is 4.63. The van der Waals surface area contributed by atoms with Crippen LogP contribution >= 0.6 is 0 Å². The highest BCUT2D eigenvalue weighted by Crippen LogP contribution is 2.39. The van der Waals surface area contributed by atoms with E-state index in [0.29, 0.717) is 18.1 Å². The molecule has 1 saturated carbocycles. The Morgan fingerprint density at radius 1 is 1.33 bits per heavy atom. The summed E-state index contributed by atoms with van der Waals surface area (Å²) in [6.07, 6.45) is 5.12. The van der Waals surface area contributed by atoms with Crippen LogP contribution in [-0.2, 0) is 11.3 Å². The predicted molar refractivity (Wildman–Crippen MR) is 88.4 cm³/mol. The molecule has 21 heavy (non-hydrogen) atoms. The molecule has 0 radical (unpaired) electrons. The van der Waals surface area contributed by atoms with E-state index in [1.54, 1.807) is 0 Å². The summed E-state index contributed by atoms with van der Waals surface area (Å²) in [5.74, 6) is 1.71. The molecular weight excluding hydrogens is 260 g/mol. The van der Waals surface area contributed by atoms with Gasteiger partial charge in [0.25, 0.3) is 0 Å². The molecule has 1 fully saturated rings. The van der Waals surface area contributed by atoms with Crippen molar-refractivity contribution in [2.75, 3.05) is 11.9 Å². The first-order valence-corrected chi connectivity index (χ1v) is 8.30. The molecule has 2 atom stereocenters. The minimum Gasteiger partial charge on any atom is -0.372 e. The van der Waals surface area contributed by atoms with E-state index in [0.717, 1.165) is 36.8 Å². The Morgan fingerprint density at radius 3 is 2.86 bits per heavy atom. The molecule has 3 heteroatoms. The van der Waals surface area contributed by atoms with E-state index in [2.05, 4.69) is 50.1 Å². The van der Waals surface area contributed by atoms with E-state index in [1.807, 2.05) is 6.07 Å². The van der Waals surface area contributed by atoms with Crippen LogP contribution in [0.15, 0.2) is 18.2 Å². The Hall–Kier alpha value is -1.09. The molecule has 0 spiro atoms. The molecule has 118 valence electrons. The molecular formula is C18H30N2O. The van der Waals surface area contributed by atoms with Crippen molar-refractivity contribution < 1.29 is 4.74 Å². The van der Waals surface area contributed by atoms with Crippen LogP contribution in [0.2, 0.25) is 0 Å². The van der Waals surface area contributed by atoms with Gasteiger partial charge in [0.05, 0.1) is 18.4 Å². The van der Waals surface area contributed by atoms with E-state index >= 15 is 0 Å².